The number of anilines is 1. The zero-order valence-electron chi connectivity index (χ0n) is 18.1. The Balaban J connectivity index is 1.95. The molecule has 0 bridgehead atoms. The number of carbonyl (C=O) groups is 1. The minimum Gasteiger partial charge on any atom is -0.465 e. The van der Waals surface area contributed by atoms with Crippen LogP contribution in [0.25, 0.3) is 28.1 Å². The van der Waals surface area contributed by atoms with Crippen LogP contribution in [-0.2, 0) is 16.1 Å². The Bertz CT molecular complexity index is 1430. The fourth-order valence-corrected chi connectivity index (χ4v) is 4.22. The summed E-state index contributed by atoms with van der Waals surface area (Å²) in [5, 5.41) is 20.3. The fourth-order valence-electron chi connectivity index (χ4n) is 4.22. The normalized spacial score (nSPS) is 13.8. The minimum atomic E-state index is -0.310. The molecule has 7 heteroatoms. The summed E-state index contributed by atoms with van der Waals surface area (Å²) in [6.45, 7) is 5.89. The first-order valence-electron chi connectivity index (χ1n) is 10.2. The molecule has 3 aromatic rings. The number of nitriles is 2. The summed E-state index contributed by atoms with van der Waals surface area (Å²) >= 11 is 0. The first-order valence-corrected chi connectivity index (χ1v) is 10.2. The van der Waals surface area contributed by atoms with Crippen LogP contribution in [0.2, 0.25) is 0 Å². The van der Waals surface area contributed by atoms with Crippen LogP contribution < -0.4 is 5.73 Å². The summed E-state index contributed by atoms with van der Waals surface area (Å²) in [7, 11) is 0. The van der Waals surface area contributed by atoms with Crippen molar-refractivity contribution in [3.63, 3.8) is 0 Å². The fraction of sp³-hybridized carbons (Fsp3) is 0.200. The van der Waals surface area contributed by atoms with Crippen LogP contribution >= 0.6 is 0 Å². The highest BCUT2D eigenvalue weighted by molar-refractivity contribution is 6.10. The van der Waals surface area contributed by atoms with Crippen LogP contribution in [0, 0.1) is 29.6 Å². The Kier molecular flexibility index (Phi) is 5.26. The van der Waals surface area contributed by atoms with Gasteiger partial charge in [-0.15, -0.1) is 0 Å². The summed E-state index contributed by atoms with van der Waals surface area (Å²) in [5.41, 5.74) is 12.1. The highest BCUT2D eigenvalue weighted by atomic mass is 16.5. The van der Waals surface area contributed by atoms with E-state index in [1.807, 2.05) is 55.0 Å². The lowest BCUT2D eigenvalue weighted by Gasteiger charge is -2.10. The van der Waals surface area contributed by atoms with Gasteiger partial charge < -0.3 is 15.0 Å². The zero-order chi connectivity index (χ0) is 23.0. The topological polar surface area (TPSA) is 118 Å². The Labute approximate surface area is 185 Å². The molecular formula is C25H21N5O2. The van der Waals surface area contributed by atoms with E-state index in [-0.39, 0.29) is 18.3 Å². The van der Waals surface area contributed by atoms with Crippen molar-refractivity contribution < 1.29 is 9.53 Å². The van der Waals surface area contributed by atoms with Crippen molar-refractivity contribution in [1.29, 1.82) is 10.5 Å². The van der Waals surface area contributed by atoms with Gasteiger partial charge in [0.2, 0.25) is 0 Å². The van der Waals surface area contributed by atoms with Crippen LogP contribution in [0.4, 0.5) is 5.82 Å². The predicted octanol–water partition coefficient (Wildman–Crippen LogP) is 4.21. The maximum absolute atomic E-state index is 12.1. The molecule has 1 aliphatic carbocycles. The van der Waals surface area contributed by atoms with Gasteiger partial charge in [-0.3, -0.25) is 4.79 Å². The molecule has 0 spiro atoms. The number of esters is 1. The molecule has 4 rings (SSSR count). The van der Waals surface area contributed by atoms with E-state index in [0.29, 0.717) is 29.0 Å². The highest BCUT2D eigenvalue weighted by Gasteiger charge is 2.30. The number of para-hydroxylation sites is 1. The van der Waals surface area contributed by atoms with Crippen LogP contribution in [0.15, 0.2) is 36.0 Å². The van der Waals surface area contributed by atoms with E-state index in [1.54, 1.807) is 6.92 Å². The lowest BCUT2D eigenvalue weighted by molar-refractivity contribution is -0.143. The van der Waals surface area contributed by atoms with Gasteiger partial charge in [0.15, 0.2) is 0 Å². The molecule has 0 saturated heterocycles. The maximum Gasteiger partial charge on any atom is 0.325 e. The second-order valence-electron chi connectivity index (χ2n) is 7.54. The quantitative estimate of drug-likeness (QED) is 0.628. The number of pyridine rings is 1. The Morgan fingerprint density at radius 1 is 1.25 bits per heavy atom. The molecule has 0 aliphatic heterocycles. The van der Waals surface area contributed by atoms with Crippen molar-refractivity contribution >= 4 is 39.9 Å². The van der Waals surface area contributed by atoms with Crippen LogP contribution in [0.3, 0.4) is 0 Å². The second-order valence-corrected chi connectivity index (χ2v) is 7.54. The van der Waals surface area contributed by atoms with E-state index < -0.39 is 0 Å². The van der Waals surface area contributed by atoms with Crippen LogP contribution in [-0.4, -0.2) is 22.1 Å². The number of ether oxygens (including phenoxy) is 1. The number of allylic oxidation sites excluding steroid dienone is 3. The van der Waals surface area contributed by atoms with Crippen molar-refractivity contribution in [2.24, 2.45) is 0 Å². The molecule has 0 radical (unpaired) electrons. The molecule has 158 valence electrons. The molecule has 0 amide bonds. The third-order valence-electron chi connectivity index (χ3n) is 5.71. The summed E-state index contributed by atoms with van der Waals surface area (Å²) in [5.74, 6) is -0.188. The Morgan fingerprint density at radius 2 is 2.00 bits per heavy atom. The summed E-state index contributed by atoms with van der Waals surface area (Å²) < 4.78 is 6.97. The van der Waals surface area contributed by atoms with Gasteiger partial charge in [-0.05, 0) is 49.6 Å². The Hall–Kier alpha value is -4.36. The van der Waals surface area contributed by atoms with Gasteiger partial charge in [0.1, 0.15) is 24.5 Å². The van der Waals surface area contributed by atoms with E-state index in [2.05, 4.69) is 17.1 Å². The number of nitrogens with two attached hydrogens (primary N) is 1. The number of fused-ring (bicyclic) bond motifs is 2. The summed E-state index contributed by atoms with van der Waals surface area (Å²) in [4.78, 5) is 16.5. The Morgan fingerprint density at radius 3 is 2.69 bits per heavy atom. The lowest BCUT2D eigenvalue weighted by atomic mass is 9.95. The first-order chi connectivity index (χ1) is 15.4. The number of nitrogen functional groups attached to an aromatic ring is 1. The number of rotatable bonds is 4. The minimum absolute atomic E-state index is 0.0993. The monoisotopic (exact) mass is 423 g/mol. The average molecular weight is 423 g/mol. The van der Waals surface area contributed by atoms with Crippen molar-refractivity contribution in [3.05, 3.63) is 64.0 Å². The molecule has 0 saturated carbocycles. The zero-order valence-corrected chi connectivity index (χ0v) is 18.1. The van der Waals surface area contributed by atoms with Gasteiger partial charge in [-0.2, -0.15) is 10.5 Å². The van der Waals surface area contributed by atoms with Crippen molar-refractivity contribution in [2.45, 2.75) is 27.3 Å². The largest absolute Gasteiger partial charge is 0.465 e. The number of hydrogen-bond donors (Lipinski definition) is 1. The molecule has 32 heavy (non-hydrogen) atoms. The molecule has 7 nitrogen and oxygen atoms in total. The molecule has 0 atom stereocenters. The number of hydrogen-bond acceptors (Lipinski definition) is 6. The predicted molar refractivity (Wildman–Crippen MR) is 123 cm³/mol. The van der Waals surface area contributed by atoms with Gasteiger partial charge in [-0.1, -0.05) is 18.2 Å². The van der Waals surface area contributed by atoms with E-state index in [1.165, 1.54) is 0 Å². The van der Waals surface area contributed by atoms with Gasteiger partial charge in [0.25, 0.3) is 0 Å². The molecule has 2 N–H and O–H groups in total. The second kappa shape index (κ2) is 8.05. The smallest absolute Gasteiger partial charge is 0.325 e. The van der Waals surface area contributed by atoms with Crippen LogP contribution in [0.1, 0.15) is 41.8 Å². The van der Waals surface area contributed by atoms with Gasteiger partial charge >= 0.3 is 5.97 Å². The average Bonchev–Trinajstić information content (AvgIpc) is 3.23. The standard InChI is InChI=1S/C25H21N5O2/c1-4-32-22(31)13-30-12-16(17-7-5-6-8-21(17)30)9-18-14(2)19(10-26)24-23(18)15(3)20(11-27)25(28)29-24/h5-9,12H,4,13H2,1-3H3,(H2,28,29)/b18-9+. The molecule has 2 aromatic heterocycles. The number of aromatic nitrogens is 2. The van der Waals surface area contributed by atoms with Crippen molar-refractivity contribution in [2.75, 3.05) is 12.3 Å². The first kappa shape index (κ1) is 20.9. The molecule has 1 aromatic carbocycles. The van der Waals surface area contributed by atoms with Gasteiger partial charge in [0.05, 0.1) is 23.4 Å². The van der Waals surface area contributed by atoms with E-state index in [9.17, 15) is 15.3 Å². The molecule has 0 fully saturated rings. The third-order valence-corrected chi connectivity index (χ3v) is 5.71. The van der Waals surface area contributed by atoms with E-state index in [0.717, 1.165) is 33.2 Å². The molecular weight excluding hydrogens is 402 g/mol. The summed E-state index contributed by atoms with van der Waals surface area (Å²) in [6.07, 6.45) is 3.88. The summed E-state index contributed by atoms with van der Waals surface area (Å²) in [6, 6.07) is 12.1. The van der Waals surface area contributed by atoms with Crippen molar-refractivity contribution in [3.8, 4) is 12.1 Å². The molecule has 1 aliphatic rings. The highest BCUT2D eigenvalue weighted by Crippen LogP contribution is 2.44. The molecule has 2 heterocycles. The SMILES string of the molecule is CCOC(=O)Cn1cc(/C=C2\C(C)=C(C#N)c3nc(N)c(C#N)c(C)c32)c2ccccc21. The number of carbonyl (C=O) groups excluding carboxylic acids is 1. The number of nitrogens with zero attached hydrogens (tertiary/aromatic N) is 4. The van der Waals surface area contributed by atoms with E-state index >= 15 is 0 Å². The van der Waals surface area contributed by atoms with Crippen molar-refractivity contribution in [1.82, 2.24) is 9.55 Å². The number of benzene rings is 1. The van der Waals surface area contributed by atoms with E-state index in [4.69, 9.17) is 10.5 Å². The molecule has 0 unspecified atom stereocenters. The van der Waals surface area contributed by atoms with Crippen LogP contribution in [0.5, 0.6) is 0 Å². The lowest BCUT2D eigenvalue weighted by Crippen LogP contribution is -2.12. The third kappa shape index (κ3) is 3.21. The van der Waals surface area contributed by atoms with Gasteiger partial charge in [-0.25, -0.2) is 4.98 Å². The maximum atomic E-state index is 12.1. The van der Waals surface area contributed by atoms with Gasteiger partial charge in [0, 0.05) is 28.2 Å².